The van der Waals surface area contributed by atoms with Crippen molar-refractivity contribution in [2.24, 2.45) is 0 Å². The number of rotatable bonds is 4. The minimum Gasteiger partial charge on any atom is -0.494 e. The third-order valence-electron chi connectivity index (χ3n) is 3.38. The molecule has 1 heterocycles. The highest BCUT2D eigenvalue weighted by atomic mass is 16.5. The lowest BCUT2D eigenvalue weighted by molar-refractivity contribution is -0.128. The smallest absolute Gasteiger partial charge is 0.237 e. The Bertz CT molecular complexity index is 462. The standard InChI is InChI=1S/C14H21N3O2/c1-3-19-13-5-4-12(15)8-11(13)9-17-7-6-16-14(18)10(17)2/h4-5,8,10H,3,6-7,9,15H2,1-2H3,(H,16,18). The number of carbonyl (C=O) groups is 1. The van der Waals surface area contributed by atoms with Crippen LogP contribution in [0.4, 0.5) is 5.69 Å². The van der Waals surface area contributed by atoms with Crippen LogP contribution in [0.1, 0.15) is 19.4 Å². The minimum absolute atomic E-state index is 0.0770. The highest BCUT2D eigenvalue weighted by Gasteiger charge is 2.25. The van der Waals surface area contributed by atoms with Gasteiger partial charge in [0.05, 0.1) is 12.6 Å². The van der Waals surface area contributed by atoms with Crippen molar-refractivity contribution in [3.8, 4) is 5.75 Å². The molecule has 5 nitrogen and oxygen atoms in total. The number of piperazine rings is 1. The number of anilines is 1. The van der Waals surface area contributed by atoms with E-state index in [9.17, 15) is 4.79 Å². The van der Waals surface area contributed by atoms with E-state index in [0.29, 0.717) is 25.4 Å². The van der Waals surface area contributed by atoms with Gasteiger partial charge in [-0.05, 0) is 32.0 Å². The summed E-state index contributed by atoms with van der Waals surface area (Å²) in [4.78, 5) is 13.8. The first-order chi connectivity index (χ1) is 9.11. The largest absolute Gasteiger partial charge is 0.494 e. The predicted octanol–water partition coefficient (Wildman–Crippen LogP) is 0.988. The summed E-state index contributed by atoms with van der Waals surface area (Å²) in [5, 5.41) is 2.86. The Morgan fingerprint density at radius 1 is 1.53 bits per heavy atom. The van der Waals surface area contributed by atoms with E-state index in [-0.39, 0.29) is 11.9 Å². The molecule has 1 fully saturated rings. The van der Waals surface area contributed by atoms with E-state index in [1.54, 1.807) is 0 Å². The van der Waals surface area contributed by atoms with Gasteiger partial charge < -0.3 is 15.8 Å². The Morgan fingerprint density at radius 3 is 3.05 bits per heavy atom. The zero-order valence-corrected chi connectivity index (χ0v) is 11.5. The fourth-order valence-electron chi connectivity index (χ4n) is 2.28. The molecular formula is C14H21N3O2. The summed E-state index contributed by atoms with van der Waals surface area (Å²) < 4.78 is 5.61. The van der Waals surface area contributed by atoms with E-state index in [1.165, 1.54) is 0 Å². The van der Waals surface area contributed by atoms with Crippen molar-refractivity contribution in [2.45, 2.75) is 26.4 Å². The van der Waals surface area contributed by atoms with E-state index in [1.807, 2.05) is 32.0 Å². The summed E-state index contributed by atoms with van der Waals surface area (Å²) in [5.41, 5.74) is 7.58. The lowest BCUT2D eigenvalue weighted by Gasteiger charge is -2.33. The number of hydrogen-bond donors (Lipinski definition) is 2. The van der Waals surface area contributed by atoms with Crippen LogP contribution >= 0.6 is 0 Å². The van der Waals surface area contributed by atoms with E-state index >= 15 is 0 Å². The average Bonchev–Trinajstić information content (AvgIpc) is 2.38. The van der Waals surface area contributed by atoms with Crippen LogP contribution in [0.5, 0.6) is 5.75 Å². The molecule has 1 aliphatic rings. The van der Waals surface area contributed by atoms with Gasteiger partial charge in [0.25, 0.3) is 0 Å². The molecule has 1 aromatic carbocycles. The maximum Gasteiger partial charge on any atom is 0.237 e. The molecule has 0 spiro atoms. The molecule has 0 saturated carbocycles. The van der Waals surface area contributed by atoms with Gasteiger partial charge in [-0.3, -0.25) is 9.69 Å². The number of hydrogen-bond acceptors (Lipinski definition) is 4. The van der Waals surface area contributed by atoms with Crippen LogP contribution in [-0.2, 0) is 11.3 Å². The molecule has 1 atom stereocenters. The van der Waals surface area contributed by atoms with Crippen LogP contribution < -0.4 is 15.8 Å². The third-order valence-corrected chi connectivity index (χ3v) is 3.38. The Hall–Kier alpha value is -1.75. The number of nitrogens with two attached hydrogens (primary N) is 1. The first-order valence-corrected chi connectivity index (χ1v) is 6.64. The number of ether oxygens (including phenoxy) is 1. The highest BCUT2D eigenvalue weighted by molar-refractivity contribution is 5.82. The van der Waals surface area contributed by atoms with E-state index in [0.717, 1.165) is 17.9 Å². The molecule has 1 unspecified atom stereocenters. The number of nitrogen functional groups attached to an aromatic ring is 1. The van der Waals surface area contributed by atoms with Crippen molar-refractivity contribution < 1.29 is 9.53 Å². The molecule has 1 amide bonds. The Labute approximate surface area is 113 Å². The average molecular weight is 263 g/mol. The van der Waals surface area contributed by atoms with Crippen molar-refractivity contribution >= 4 is 11.6 Å². The Balaban J connectivity index is 2.17. The summed E-state index contributed by atoms with van der Waals surface area (Å²) in [5.74, 6) is 0.919. The van der Waals surface area contributed by atoms with Crippen molar-refractivity contribution in [1.29, 1.82) is 0 Å². The van der Waals surface area contributed by atoms with Crippen LogP contribution in [-0.4, -0.2) is 36.5 Å². The molecule has 1 aliphatic heterocycles. The van der Waals surface area contributed by atoms with Crippen LogP contribution in [0.25, 0.3) is 0 Å². The van der Waals surface area contributed by atoms with Crippen molar-refractivity contribution in [1.82, 2.24) is 10.2 Å². The molecule has 0 aromatic heterocycles. The van der Waals surface area contributed by atoms with Gasteiger partial charge in [-0.2, -0.15) is 0 Å². The SMILES string of the molecule is CCOc1ccc(N)cc1CN1CCNC(=O)C1C. The first kappa shape index (κ1) is 13.7. The van der Waals surface area contributed by atoms with Gasteiger partial charge in [-0.15, -0.1) is 0 Å². The van der Waals surface area contributed by atoms with Gasteiger partial charge in [-0.1, -0.05) is 0 Å². The quantitative estimate of drug-likeness (QED) is 0.795. The predicted molar refractivity (Wildman–Crippen MR) is 74.9 cm³/mol. The molecule has 2 rings (SSSR count). The molecule has 1 aromatic rings. The van der Waals surface area contributed by atoms with Crippen molar-refractivity contribution in [3.05, 3.63) is 23.8 Å². The second kappa shape index (κ2) is 5.93. The van der Waals surface area contributed by atoms with Gasteiger partial charge >= 0.3 is 0 Å². The lowest BCUT2D eigenvalue weighted by atomic mass is 10.1. The normalized spacial score (nSPS) is 20.1. The Kier molecular flexibility index (Phi) is 4.27. The zero-order chi connectivity index (χ0) is 13.8. The summed E-state index contributed by atoms with van der Waals surface area (Å²) >= 11 is 0. The van der Waals surface area contributed by atoms with Gasteiger partial charge in [0, 0.05) is 30.9 Å². The van der Waals surface area contributed by atoms with Gasteiger partial charge in [-0.25, -0.2) is 0 Å². The minimum atomic E-state index is -0.121. The fraction of sp³-hybridized carbons (Fsp3) is 0.500. The van der Waals surface area contributed by atoms with Crippen LogP contribution in [0.15, 0.2) is 18.2 Å². The Morgan fingerprint density at radius 2 is 2.32 bits per heavy atom. The molecule has 5 heteroatoms. The summed E-state index contributed by atoms with van der Waals surface area (Å²) in [6, 6.07) is 5.53. The number of amides is 1. The van der Waals surface area contributed by atoms with E-state index < -0.39 is 0 Å². The second-order valence-corrected chi connectivity index (χ2v) is 4.74. The monoisotopic (exact) mass is 263 g/mol. The second-order valence-electron chi connectivity index (χ2n) is 4.74. The molecule has 1 saturated heterocycles. The summed E-state index contributed by atoms with van der Waals surface area (Å²) in [6.45, 7) is 6.70. The molecule has 0 bridgehead atoms. The molecule has 104 valence electrons. The number of nitrogens with one attached hydrogen (secondary N) is 1. The molecule has 0 aliphatic carbocycles. The van der Waals surface area contributed by atoms with E-state index in [4.69, 9.17) is 10.5 Å². The maximum atomic E-state index is 11.7. The summed E-state index contributed by atoms with van der Waals surface area (Å²) in [6.07, 6.45) is 0. The fourth-order valence-corrected chi connectivity index (χ4v) is 2.28. The highest BCUT2D eigenvalue weighted by Crippen LogP contribution is 2.24. The van der Waals surface area contributed by atoms with Gasteiger partial charge in [0.1, 0.15) is 5.75 Å². The zero-order valence-electron chi connectivity index (χ0n) is 11.5. The van der Waals surface area contributed by atoms with Gasteiger partial charge in [0.15, 0.2) is 0 Å². The summed E-state index contributed by atoms with van der Waals surface area (Å²) in [7, 11) is 0. The number of nitrogens with zero attached hydrogens (tertiary/aromatic N) is 1. The first-order valence-electron chi connectivity index (χ1n) is 6.64. The van der Waals surface area contributed by atoms with Crippen molar-refractivity contribution in [3.63, 3.8) is 0 Å². The molecule has 19 heavy (non-hydrogen) atoms. The number of benzene rings is 1. The van der Waals surface area contributed by atoms with Gasteiger partial charge in [0.2, 0.25) is 5.91 Å². The molecule has 3 N–H and O–H groups in total. The maximum absolute atomic E-state index is 11.7. The van der Waals surface area contributed by atoms with Crippen LogP contribution in [0.2, 0.25) is 0 Å². The molecular weight excluding hydrogens is 242 g/mol. The number of carbonyl (C=O) groups excluding carboxylic acids is 1. The lowest BCUT2D eigenvalue weighted by Crippen LogP contribution is -2.53. The van der Waals surface area contributed by atoms with Crippen molar-refractivity contribution in [2.75, 3.05) is 25.4 Å². The van der Waals surface area contributed by atoms with Crippen LogP contribution in [0, 0.1) is 0 Å². The third kappa shape index (κ3) is 3.17. The molecule has 0 radical (unpaired) electrons. The van der Waals surface area contributed by atoms with Crippen LogP contribution in [0.3, 0.4) is 0 Å². The topological polar surface area (TPSA) is 67.6 Å². The van der Waals surface area contributed by atoms with E-state index in [2.05, 4.69) is 10.2 Å².